The van der Waals surface area contributed by atoms with Gasteiger partial charge in [0.2, 0.25) is 0 Å². The van der Waals surface area contributed by atoms with E-state index in [9.17, 15) is 14.4 Å². The van der Waals surface area contributed by atoms with Crippen LogP contribution in [0.1, 0.15) is 23.7 Å². The first kappa shape index (κ1) is 16.8. The summed E-state index contributed by atoms with van der Waals surface area (Å²) in [6.45, 7) is 1.83. The van der Waals surface area contributed by atoms with Gasteiger partial charge in [-0.3, -0.25) is 10.1 Å². The normalized spacial score (nSPS) is 9.81. The molecule has 0 atom stereocenters. The molecule has 8 heteroatoms. The molecule has 21 heavy (non-hydrogen) atoms. The fraction of sp³-hybridized carbons (Fsp3) is 0.308. The highest BCUT2D eigenvalue weighted by atomic mass is 35.5. The molecule has 0 aromatic heterocycles. The van der Waals surface area contributed by atoms with Crippen molar-refractivity contribution in [3.8, 4) is 5.75 Å². The van der Waals surface area contributed by atoms with Gasteiger partial charge in [-0.25, -0.2) is 9.59 Å². The van der Waals surface area contributed by atoms with Crippen LogP contribution in [0, 0.1) is 0 Å². The smallest absolute Gasteiger partial charge is 0.339 e. The highest BCUT2D eigenvalue weighted by molar-refractivity contribution is 6.31. The number of imide groups is 1. The largest absolute Gasteiger partial charge is 0.483 e. The van der Waals surface area contributed by atoms with E-state index >= 15 is 0 Å². The van der Waals surface area contributed by atoms with Crippen LogP contribution in [0.5, 0.6) is 5.75 Å². The fourth-order valence-electron chi connectivity index (χ4n) is 1.38. The quantitative estimate of drug-likeness (QED) is 0.740. The Hall–Kier alpha value is -2.28. The van der Waals surface area contributed by atoms with Crippen molar-refractivity contribution < 1.29 is 24.2 Å². The average Bonchev–Trinajstić information content (AvgIpc) is 2.43. The van der Waals surface area contributed by atoms with E-state index in [4.69, 9.17) is 21.4 Å². The van der Waals surface area contributed by atoms with E-state index < -0.39 is 24.5 Å². The Bertz CT molecular complexity index is 547. The zero-order valence-corrected chi connectivity index (χ0v) is 12.1. The number of hydrogen-bond acceptors (Lipinski definition) is 4. The molecule has 0 saturated carbocycles. The van der Waals surface area contributed by atoms with Gasteiger partial charge in [-0.05, 0) is 24.6 Å². The summed E-state index contributed by atoms with van der Waals surface area (Å²) < 4.78 is 5.09. The average molecular weight is 315 g/mol. The molecule has 3 amide bonds. The van der Waals surface area contributed by atoms with E-state index in [1.807, 2.05) is 6.92 Å². The molecule has 0 bridgehead atoms. The lowest BCUT2D eigenvalue weighted by molar-refractivity contribution is -0.122. The molecule has 0 aliphatic heterocycles. The molecular formula is C13H15ClN2O5. The molecule has 0 saturated heterocycles. The molecule has 0 spiro atoms. The first-order valence-corrected chi connectivity index (χ1v) is 6.55. The second-order valence-electron chi connectivity index (χ2n) is 4.04. The van der Waals surface area contributed by atoms with Crippen molar-refractivity contribution in [2.75, 3.05) is 13.2 Å². The maximum atomic E-state index is 11.5. The molecular weight excluding hydrogens is 300 g/mol. The second-order valence-corrected chi connectivity index (χ2v) is 4.47. The third kappa shape index (κ3) is 5.70. The second kappa shape index (κ2) is 8.11. The van der Waals surface area contributed by atoms with Crippen molar-refractivity contribution in [3.63, 3.8) is 0 Å². The molecule has 0 radical (unpaired) electrons. The number of amides is 3. The Labute approximate surface area is 126 Å². The Morgan fingerprint density at radius 1 is 1.33 bits per heavy atom. The number of carbonyl (C=O) groups is 3. The minimum absolute atomic E-state index is 0.00369. The van der Waals surface area contributed by atoms with E-state index in [1.165, 1.54) is 18.2 Å². The van der Waals surface area contributed by atoms with Gasteiger partial charge in [0.25, 0.3) is 5.91 Å². The van der Waals surface area contributed by atoms with Crippen LogP contribution in [0.4, 0.5) is 4.79 Å². The van der Waals surface area contributed by atoms with Gasteiger partial charge in [0.1, 0.15) is 11.3 Å². The van der Waals surface area contributed by atoms with E-state index in [0.717, 1.165) is 6.42 Å². The van der Waals surface area contributed by atoms with Gasteiger partial charge < -0.3 is 15.2 Å². The zero-order valence-electron chi connectivity index (χ0n) is 11.3. The Kier molecular flexibility index (Phi) is 6.48. The highest BCUT2D eigenvalue weighted by Gasteiger charge is 2.14. The van der Waals surface area contributed by atoms with Crippen LogP contribution >= 0.6 is 11.6 Å². The lowest BCUT2D eigenvalue weighted by Gasteiger charge is -2.09. The van der Waals surface area contributed by atoms with E-state index in [2.05, 4.69) is 10.6 Å². The Morgan fingerprint density at radius 3 is 2.67 bits per heavy atom. The van der Waals surface area contributed by atoms with Crippen LogP contribution < -0.4 is 15.4 Å². The number of carbonyl (C=O) groups excluding carboxylic acids is 2. The van der Waals surface area contributed by atoms with Crippen LogP contribution in [0.25, 0.3) is 0 Å². The summed E-state index contributed by atoms with van der Waals surface area (Å²) in [6, 6.07) is 3.37. The number of carboxylic acid groups (broad SMARTS) is 1. The molecule has 0 unspecified atom stereocenters. The van der Waals surface area contributed by atoms with Gasteiger partial charge in [-0.2, -0.15) is 0 Å². The SMILES string of the molecule is CCCNC(=O)NC(=O)COc1ccc(Cl)cc1C(=O)O. The summed E-state index contributed by atoms with van der Waals surface area (Å²) in [7, 11) is 0. The molecule has 0 aliphatic carbocycles. The van der Waals surface area contributed by atoms with E-state index in [-0.39, 0.29) is 16.3 Å². The van der Waals surface area contributed by atoms with Gasteiger partial charge in [0, 0.05) is 11.6 Å². The number of halogens is 1. The number of nitrogens with one attached hydrogen (secondary N) is 2. The lowest BCUT2D eigenvalue weighted by atomic mass is 10.2. The Balaban J connectivity index is 2.57. The number of rotatable bonds is 6. The number of urea groups is 1. The van der Waals surface area contributed by atoms with Crippen molar-refractivity contribution in [1.82, 2.24) is 10.6 Å². The topological polar surface area (TPSA) is 105 Å². The molecule has 7 nitrogen and oxygen atoms in total. The van der Waals surface area contributed by atoms with Crippen LogP contribution in [-0.2, 0) is 4.79 Å². The van der Waals surface area contributed by atoms with Crippen LogP contribution in [0.2, 0.25) is 5.02 Å². The first-order valence-electron chi connectivity index (χ1n) is 6.17. The molecule has 3 N–H and O–H groups in total. The summed E-state index contributed by atoms with van der Waals surface area (Å²) in [5.41, 5.74) is -0.161. The minimum Gasteiger partial charge on any atom is -0.483 e. The van der Waals surface area contributed by atoms with E-state index in [0.29, 0.717) is 6.54 Å². The first-order chi connectivity index (χ1) is 9.93. The molecule has 0 aliphatic rings. The van der Waals surface area contributed by atoms with Gasteiger partial charge in [-0.15, -0.1) is 0 Å². The standard InChI is InChI=1S/C13H15ClN2O5/c1-2-5-15-13(20)16-11(17)7-21-10-4-3-8(14)6-9(10)12(18)19/h3-4,6H,2,5,7H2,1H3,(H,18,19)(H2,15,16,17,20). The van der Waals surface area contributed by atoms with Crippen molar-refractivity contribution in [3.05, 3.63) is 28.8 Å². The molecule has 114 valence electrons. The third-order valence-electron chi connectivity index (χ3n) is 2.32. The van der Waals surface area contributed by atoms with E-state index in [1.54, 1.807) is 0 Å². The summed E-state index contributed by atoms with van der Waals surface area (Å²) in [5, 5.41) is 13.8. The van der Waals surface area contributed by atoms with Gasteiger partial charge >= 0.3 is 12.0 Å². The summed E-state index contributed by atoms with van der Waals surface area (Å²) in [4.78, 5) is 33.7. The predicted molar refractivity (Wildman–Crippen MR) is 75.7 cm³/mol. The third-order valence-corrected chi connectivity index (χ3v) is 2.55. The molecule has 0 fully saturated rings. The van der Waals surface area contributed by atoms with Crippen LogP contribution in [0.3, 0.4) is 0 Å². The van der Waals surface area contributed by atoms with Crippen molar-refractivity contribution >= 4 is 29.5 Å². The summed E-state index contributed by atoms with van der Waals surface area (Å²) in [6.07, 6.45) is 0.741. The van der Waals surface area contributed by atoms with Crippen molar-refractivity contribution in [1.29, 1.82) is 0 Å². The fourth-order valence-corrected chi connectivity index (χ4v) is 1.56. The number of hydrogen-bond donors (Lipinski definition) is 3. The Morgan fingerprint density at radius 2 is 2.05 bits per heavy atom. The maximum Gasteiger partial charge on any atom is 0.339 e. The predicted octanol–water partition coefficient (Wildman–Crippen LogP) is 1.65. The van der Waals surface area contributed by atoms with Crippen molar-refractivity contribution in [2.45, 2.75) is 13.3 Å². The number of ether oxygens (including phenoxy) is 1. The lowest BCUT2D eigenvalue weighted by Crippen LogP contribution is -2.41. The van der Waals surface area contributed by atoms with Gasteiger partial charge in [0.15, 0.2) is 6.61 Å². The number of aromatic carboxylic acids is 1. The van der Waals surface area contributed by atoms with Crippen LogP contribution in [-0.4, -0.2) is 36.2 Å². The molecule has 1 rings (SSSR count). The summed E-state index contributed by atoms with van der Waals surface area (Å²) >= 11 is 5.69. The van der Waals surface area contributed by atoms with Gasteiger partial charge in [0.05, 0.1) is 0 Å². The van der Waals surface area contributed by atoms with Gasteiger partial charge in [-0.1, -0.05) is 18.5 Å². The monoisotopic (exact) mass is 314 g/mol. The highest BCUT2D eigenvalue weighted by Crippen LogP contribution is 2.22. The van der Waals surface area contributed by atoms with Crippen LogP contribution in [0.15, 0.2) is 18.2 Å². The number of benzene rings is 1. The van der Waals surface area contributed by atoms with Crippen molar-refractivity contribution in [2.24, 2.45) is 0 Å². The number of carboxylic acids is 1. The zero-order chi connectivity index (χ0) is 15.8. The summed E-state index contributed by atoms with van der Waals surface area (Å²) in [5.74, 6) is -1.92. The molecule has 1 aromatic carbocycles. The molecule has 1 aromatic rings. The maximum absolute atomic E-state index is 11.5. The molecule has 0 heterocycles. The minimum atomic E-state index is -1.23.